The zero-order valence-electron chi connectivity index (χ0n) is 11.8. The van der Waals surface area contributed by atoms with E-state index in [1.807, 2.05) is 0 Å². The van der Waals surface area contributed by atoms with E-state index in [1.54, 1.807) is 0 Å². The molecule has 2 saturated heterocycles. The largest absolute Gasteiger partial charge is 0.370 e. The lowest BCUT2D eigenvalue weighted by Crippen LogP contribution is -2.59. The molecule has 4 heteroatoms. The van der Waals surface area contributed by atoms with Crippen LogP contribution in [0.3, 0.4) is 0 Å². The number of nitrogens with two attached hydrogens (primary N) is 1. The summed E-state index contributed by atoms with van der Waals surface area (Å²) in [5.41, 5.74) is 7.74. The van der Waals surface area contributed by atoms with Crippen molar-refractivity contribution in [3.8, 4) is 0 Å². The first kappa shape index (κ1) is 12.2. The van der Waals surface area contributed by atoms with E-state index in [1.165, 1.54) is 38.0 Å². The van der Waals surface area contributed by atoms with Crippen LogP contribution in [0.2, 0.25) is 0 Å². The van der Waals surface area contributed by atoms with Crippen molar-refractivity contribution < 1.29 is 0 Å². The molecule has 20 heavy (non-hydrogen) atoms. The SMILES string of the molecule is NC1=NCC2(CCN3CCC2C3)N1Cc1ccccc1. The Hall–Kier alpha value is -1.55. The van der Waals surface area contributed by atoms with Crippen LogP contribution in [0, 0.1) is 5.92 Å². The Morgan fingerprint density at radius 2 is 2.10 bits per heavy atom. The van der Waals surface area contributed by atoms with Crippen molar-refractivity contribution in [3.63, 3.8) is 0 Å². The van der Waals surface area contributed by atoms with Gasteiger partial charge in [-0.25, -0.2) is 0 Å². The normalized spacial score (nSPS) is 35.6. The van der Waals surface area contributed by atoms with Gasteiger partial charge in [-0.15, -0.1) is 0 Å². The molecule has 4 rings (SSSR count). The lowest BCUT2D eigenvalue weighted by molar-refractivity contribution is 0.0665. The predicted molar refractivity (Wildman–Crippen MR) is 80.4 cm³/mol. The molecule has 0 aromatic heterocycles. The average molecular weight is 270 g/mol. The minimum Gasteiger partial charge on any atom is -0.370 e. The number of fused-ring (bicyclic) bond motifs is 3. The van der Waals surface area contributed by atoms with E-state index in [0.717, 1.165) is 25.0 Å². The van der Waals surface area contributed by atoms with Crippen LogP contribution in [-0.2, 0) is 6.54 Å². The van der Waals surface area contributed by atoms with Gasteiger partial charge in [0.2, 0.25) is 0 Å². The number of nitrogens with zero attached hydrogens (tertiary/aromatic N) is 3. The lowest BCUT2D eigenvalue weighted by atomic mass is 9.78. The fourth-order valence-electron chi connectivity index (χ4n) is 4.21. The monoisotopic (exact) mass is 270 g/mol. The highest BCUT2D eigenvalue weighted by Crippen LogP contribution is 2.42. The second-order valence-corrected chi connectivity index (χ2v) is 6.39. The number of piperidine rings is 1. The Kier molecular flexibility index (Phi) is 2.74. The van der Waals surface area contributed by atoms with Crippen molar-refractivity contribution in [2.45, 2.75) is 24.9 Å². The van der Waals surface area contributed by atoms with Crippen molar-refractivity contribution >= 4 is 5.96 Å². The van der Waals surface area contributed by atoms with E-state index in [0.29, 0.717) is 0 Å². The summed E-state index contributed by atoms with van der Waals surface area (Å²) < 4.78 is 0. The molecule has 0 aliphatic carbocycles. The van der Waals surface area contributed by atoms with Gasteiger partial charge in [0.15, 0.2) is 5.96 Å². The van der Waals surface area contributed by atoms with Gasteiger partial charge in [-0.2, -0.15) is 0 Å². The fourth-order valence-corrected chi connectivity index (χ4v) is 4.21. The van der Waals surface area contributed by atoms with Gasteiger partial charge in [-0.1, -0.05) is 30.3 Å². The minimum atomic E-state index is 0.187. The van der Waals surface area contributed by atoms with Crippen LogP contribution < -0.4 is 5.73 Å². The van der Waals surface area contributed by atoms with E-state index < -0.39 is 0 Å². The lowest BCUT2D eigenvalue weighted by Gasteiger charge is -2.46. The summed E-state index contributed by atoms with van der Waals surface area (Å²) in [5, 5.41) is 0. The van der Waals surface area contributed by atoms with Gasteiger partial charge in [0.05, 0.1) is 12.1 Å². The highest BCUT2D eigenvalue weighted by Gasteiger charge is 2.52. The first-order valence-electron chi connectivity index (χ1n) is 7.62. The molecule has 1 aromatic rings. The maximum atomic E-state index is 6.23. The standard InChI is InChI=1S/C16H22N4/c17-15-18-12-16(7-9-19-8-6-14(16)11-19)20(15)10-13-4-2-1-3-5-13/h1-5,14H,6-12H2,(H2,17,18). The molecule has 106 valence electrons. The molecular formula is C16H22N4. The molecule has 2 bridgehead atoms. The van der Waals surface area contributed by atoms with Crippen LogP contribution in [0.4, 0.5) is 0 Å². The maximum Gasteiger partial charge on any atom is 0.192 e. The van der Waals surface area contributed by atoms with Crippen molar-refractivity contribution in [1.82, 2.24) is 9.80 Å². The Balaban J connectivity index is 1.63. The van der Waals surface area contributed by atoms with Crippen LogP contribution in [-0.4, -0.2) is 47.5 Å². The molecule has 3 atom stereocenters. The number of guanidine groups is 1. The molecule has 4 nitrogen and oxygen atoms in total. The van der Waals surface area contributed by atoms with Crippen molar-refractivity contribution in [3.05, 3.63) is 35.9 Å². The molecule has 2 fully saturated rings. The second-order valence-electron chi connectivity index (χ2n) is 6.39. The minimum absolute atomic E-state index is 0.187. The number of benzene rings is 1. The molecule has 3 aliphatic heterocycles. The molecule has 3 aliphatic rings. The third kappa shape index (κ3) is 1.74. The zero-order valence-corrected chi connectivity index (χ0v) is 11.8. The van der Waals surface area contributed by atoms with Gasteiger partial charge in [-0.3, -0.25) is 4.99 Å². The summed E-state index contributed by atoms with van der Waals surface area (Å²) >= 11 is 0. The van der Waals surface area contributed by atoms with E-state index in [-0.39, 0.29) is 5.54 Å². The van der Waals surface area contributed by atoms with E-state index in [4.69, 9.17) is 5.73 Å². The third-order valence-electron chi connectivity index (χ3n) is 5.41. The Morgan fingerprint density at radius 3 is 2.95 bits per heavy atom. The summed E-state index contributed by atoms with van der Waals surface area (Å²) in [7, 11) is 0. The Bertz CT molecular complexity index is 527. The molecule has 3 heterocycles. The summed E-state index contributed by atoms with van der Waals surface area (Å²) in [4.78, 5) is 9.60. The quantitative estimate of drug-likeness (QED) is 0.880. The zero-order chi connectivity index (χ0) is 13.6. The molecular weight excluding hydrogens is 248 g/mol. The second kappa shape index (κ2) is 4.48. The van der Waals surface area contributed by atoms with Gasteiger partial charge in [-0.05, 0) is 30.9 Å². The summed E-state index contributed by atoms with van der Waals surface area (Å²) in [6.07, 6.45) is 2.50. The van der Waals surface area contributed by atoms with Gasteiger partial charge in [0.25, 0.3) is 0 Å². The topological polar surface area (TPSA) is 44.9 Å². The molecule has 1 spiro atoms. The Morgan fingerprint density at radius 1 is 1.25 bits per heavy atom. The summed E-state index contributed by atoms with van der Waals surface area (Å²) in [5.74, 6) is 1.47. The van der Waals surface area contributed by atoms with E-state index in [9.17, 15) is 0 Å². The van der Waals surface area contributed by atoms with Crippen LogP contribution in [0.1, 0.15) is 18.4 Å². The van der Waals surface area contributed by atoms with Gasteiger partial charge in [0, 0.05) is 19.6 Å². The van der Waals surface area contributed by atoms with Crippen molar-refractivity contribution in [2.75, 3.05) is 26.2 Å². The molecule has 1 aromatic carbocycles. The van der Waals surface area contributed by atoms with Crippen LogP contribution in [0.15, 0.2) is 35.3 Å². The molecule has 0 amide bonds. The molecule has 2 N–H and O–H groups in total. The van der Waals surface area contributed by atoms with Gasteiger partial charge < -0.3 is 15.5 Å². The molecule has 0 saturated carbocycles. The fraction of sp³-hybridized carbons (Fsp3) is 0.562. The van der Waals surface area contributed by atoms with E-state index >= 15 is 0 Å². The average Bonchev–Trinajstić information content (AvgIpc) is 3.02. The highest BCUT2D eigenvalue weighted by molar-refractivity contribution is 5.81. The highest BCUT2D eigenvalue weighted by atomic mass is 15.4. The molecule has 0 radical (unpaired) electrons. The van der Waals surface area contributed by atoms with Crippen LogP contribution >= 0.6 is 0 Å². The van der Waals surface area contributed by atoms with Crippen molar-refractivity contribution in [2.24, 2.45) is 16.6 Å². The van der Waals surface area contributed by atoms with E-state index in [2.05, 4.69) is 45.1 Å². The summed E-state index contributed by atoms with van der Waals surface area (Å²) in [6.45, 7) is 5.47. The first-order valence-corrected chi connectivity index (χ1v) is 7.62. The van der Waals surface area contributed by atoms with Crippen molar-refractivity contribution in [1.29, 1.82) is 0 Å². The van der Waals surface area contributed by atoms with Crippen LogP contribution in [0.5, 0.6) is 0 Å². The van der Waals surface area contributed by atoms with Crippen LogP contribution in [0.25, 0.3) is 0 Å². The Labute approximate surface area is 120 Å². The predicted octanol–water partition coefficient (Wildman–Crippen LogP) is 1.28. The van der Waals surface area contributed by atoms with Gasteiger partial charge >= 0.3 is 0 Å². The number of aliphatic imine (C=N–C) groups is 1. The maximum absolute atomic E-state index is 6.23. The number of hydrogen-bond donors (Lipinski definition) is 1. The third-order valence-corrected chi connectivity index (χ3v) is 5.41. The smallest absolute Gasteiger partial charge is 0.192 e. The van der Waals surface area contributed by atoms with Gasteiger partial charge in [0.1, 0.15) is 0 Å². The molecule has 3 unspecified atom stereocenters. The first-order chi connectivity index (χ1) is 9.78. The number of hydrogen-bond acceptors (Lipinski definition) is 4. The summed E-state index contributed by atoms with van der Waals surface area (Å²) in [6, 6.07) is 10.6. The number of rotatable bonds is 2.